The molecule has 0 saturated carbocycles. The van der Waals surface area contributed by atoms with Gasteiger partial charge in [0.2, 0.25) is 5.91 Å². The zero-order valence-electron chi connectivity index (χ0n) is 10.1. The molecule has 0 radical (unpaired) electrons. The normalized spacial score (nSPS) is 11.4. The Bertz CT molecular complexity index is 599. The molecule has 1 aromatic carbocycles. The summed E-state index contributed by atoms with van der Waals surface area (Å²) in [5.41, 5.74) is 8.13. The summed E-state index contributed by atoms with van der Waals surface area (Å²) in [6, 6.07) is 4.15. The van der Waals surface area contributed by atoms with Crippen molar-refractivity contribution in [3.05, 3.63) is 33.9 Å². The molecule has 1 amide bonds. The molecule has 2 aromatic rings. The highest BCUT2D eigenvalue weighted by molar-refractivity contribution is 9.10. The molecule has 1 heterocycles. The number of hydrogen-bond donors (Lipinski definition) is 1. The van der Waals surface area contributed by atoms with Gasteiger partial charge in [-0.05, 0) is 38.5 Å². The van der Waals surface area contributed by atoms with Crippen molar-refractivity contribution >= 4 is 32.7 Å². The highest BCUT2D eigenvalue weighted by Crippen LogP contribution is 2.30. The molecule has 0 aliphatic carbocycles. The van der Waals surface area contributed by atoms with E-state index in [1.165, 1.54) is 0 Å². The number of halogens is 1. The van der Waals surface area contributed by atoms with Crippen LogP contribution in [0.15, 0.2) is 22.8 Å². The second-order valence-electron chi connectivity index (χ2n) is 4.52. The van der Waals surface area contributed by atoms with Crippen LogP contribution in [0.5, 0.6) is 0 Å². The summed E-state index contributed by atoms with van der Waals surface area (Å²) in [5, 5.41) is 0.953. The van der Waals surface area contributed by atoms with Gasteiger partial charge in [0, 0.05) is 27.7 Å². The predicted molar refractivity (Wildman–Crippen MR) is 73.3 cm³/mol. The van der Waals surface area contributed by atoms with Gasteiger partial charge in [0.15, 0.2) is 0 Å². The molecule has 0 saturated heterocycles. The number of amides is 1. The van der Waals surface area contributed by atoms with Crippen LogP contribution in [0.1, 0.15) is 35.8 Å². The first-order valence-corrected chi connectivity index (χ1v) is 6.31. The Labute approximate surface area is 109 Å². The molecule has 0 fully saturated rings. The standard InChI is InChI=1S/C13H15BrN2O/c1-7(2)16-6-8(3)12-10(13(15)17)4-9(14)5-11(12)16/h4-7H,1-3H3,(H2,15,17). The molecule has 2 N–H and O–H groups in total. The van der Waals surface area contributed by atoms with Gasteiger partial charge in [-0.1, -0.05) is 15.9 Å². The van der Waals surface area contributed by atoms with E-state index < -0.39 is 0 Å². The van der Waals surface area contributed by atoms with Crippen LogP contribution >= 0.6 is 15.9 Å². The fourth-order valence-electron chi connectivity index (χ4n) is 2.17. The molecule has 0 bridgehead atoms. The first-order valence-electron chi connectivity index (χ1n) is 5.52. The summed E-state index contributed by atoms with van der Waals surface area (Å²) in [4.78, 5) is 11.5. The summed E-state index contributed by atoms with van der Waals surface area (Å²) >= 11 is 3.42. The minimum atomic E-state index is -0.388. The second kappa shape index (κ2) is 4.18. The van der Waals surface area contributed by atoms with Crippen molar-refractivity contribution in [2.24, 2.45) is 5.73 Å². The zero-order chi connectivity index (χ0) is 12.7. The third kappa shape index (κ3) is 1.97. The van der Waals surface area contributed by atoms with Gasteiger partial charge in [0.1, 0.15) is 0 Å². The molecule has 1 aromatic heterocycles. The maximum atomic E-state index is 11.5. The van der Waals surface area contributed by atoms with E-state index in [2.05, 4.69) is 40.5 Å². The largest absolute Gasteiger partial charge is 0.366 e. The maximum Gasteiger partial charge on any atom is 0.249 e. The Morgan fingerprint density at radius 1 is 1.41 bits per heavy atom. The Hall–Kier alpha value is -1.29. The van der Waals surface area contributed by atoms with E-state index in [1.54, 1.807) is 6.07 Å². The van der Waals surface area contributed by atoms with Crippen molar-refractivity contribution in [2.75, 3.05) is 0 Å². The number of carbonyl (C=O) groups is 1. The van der Waals surface area contributed by atoms with E-state index >= 15 is 0 Å². The first kappa shape index (κ1) is 12.2. The van der Waals surface area contributed by atoms with E-state index in [9.17, 15) is 4.79 Å². The summed E-state index contributed by atoms with van der Waals surface area (Å²) < 4.78 is 3.03. The van der Waals surface area contributed by atoms with Crippen LogP contribution in [0.4, 0.5) is 0 Å². The highest BCUT2D eigenvalue weighted by Gasteiger charge is 2.15. The van der Waals surface area contributed by atoms with E-state index in [1.807, 2.05) is 13.0 Å². The smallest absolute Gasteiger partial charge is 0.249 e. The number of primary amides is 1. The number of rotatable bonds is 2. The molecular weight excluding hydrogens is 280 g/mol. The van der Waals surface area contributed by atoms with Crippen molar-refractivity contribution in [2.45, 2.75) is 26.8 Å². The van der Waals surface area contributed by atoms with Crippen molar-refractivity contribution in [3.8, 4) is 0 Å². The topological polar surface area (TPSA) is 48.0 Å². The van der Waals surface area contributed by atoms with Gasteiger partial charge in [0.25, 0.3) is 0 Å². The number of benzene rings is 1. The SMILES string of the molecule is Cc1cn(C(C)C)c2cc(Br)cc(C(N)=O)c12. The Morgan fingerprint density at radius 3 is 2.59 bits per heavy atom. The number of aromatic nitrogens is 1. The van der Waals surface area contributed by atoms with Crippen LogP contribution in [0.3, 0.4) is 0 Å². The molecule has 2 rings (SSSR count). The third-order valence-electron chi connectivity index (χ3n) is 2.91. The van der Waals surface area contributed by atoms with Crippen molar-refractivity contribution in [1.29, 1.82) is 0 Å². The lowest BCUT2D eigenvalue weighted by Crippen LogP contribution is -2.11. The fourth-order valence-corrected chi connectivity index (χ4v) is 2.62. The first-order chi connectivity index (χ1) is 7.91. The summed E-state index contributed by atoms with van der Waals surface area (Å²) in [6.45, 7) is 6.23. The number of nitrogens with zero attached hydrogens (tertiary/aromatic N) is 1. The lowest BCUT2D eigenvalue weighted by molar-refractivity contribution is 0.100. The molecule has 0 spiro atoms. The van der Waals surface area contributed by atoms with Crippen LogP contribution in [0.2, 0.25) is 0 Å². The Balaban J connectivity index is 2.90. The third-order valence-corrected chi connectivity index (χ3v) is 3.37. The van der Waals surface area contributed by atoms with Crippen LogP contribution in [-0.2, 0) is 0 Å². The van der Waals surface area contributed by atoms with Gasteiger partial charge < -0.3 is 10.3 Å². The zero-order valence-corrected chi connectivity index (χ0v) is 11.7. The number of fused-ring (bicyclic) bond motifs is 1. The van der Waals surface area contributed by atoms with Gasteiger partial charge in [0.05, 0.1) is 5.52 Å². The Kier molecular flexibility index (Phi) is 3.00. The van der Waals surface area contributed by atoms with E-state index in [0.717, 1.165) is 20.9 Å². The van der Waals surface area contributed by atoms with Gasteiger partial charge in [-0.15, -0.1) is 0 Å². The number of carbonyl (C=O) groups excluding carboxylic acids is 1. The van der Waals surface area contributed by atoms with E-state index in [0.29, 0.717) is 11.6 Å². The molecular formula is C13H15BrN2O. The van der Waals surface area contributed by atoms with Crippen LogP contribution in [0, 0.1) is 6.92 Å². The lowest BCUT2D eigenvalue weighted by atomic mass is 10.1. The van der Waals surface area contributed by atoms with Crippen LogP contribution in [0.25, 0.3) is 10.9 Å². The average Bonchev–Trinajstić information content (AvgIpc) is 2.54. The predicted octanol–water partition coefficient (Wildman–Crippen LogP) is 3.39. The van der Waals surface area contributed by atoms with Crippen LogP contribution < -0.4 is 5.73 Å². The van der Waals surface area contributed by atoms with E-state index in [4.69, 9.17) is 5.73 Å². The Morgan fingerprint density at radius 2 is 2.06 bits per heavy atom. The van der Waals surface area contributed by atoms with Gasteiger partial charge in [-0.3, -0.25) is 4.79 Å². The molecule has 4 heteroatoms. The highest BCUT2D eigenvalue weighted by atomic mass is 79.9. The molecule has 0 atom stereocenters. The van der Waals surface area contributed by atoms with Gasteiger partial charge in [-0.25, -0.2) is 0 Å². The molecule has 3 nitrogen and oxygen atoms in total. The molecule has 0 aliphatic rings. The minimum absolute atomic E-state index is 0.348. The van der Waals surface area contributed by atoms with Crippen molar-refractivity contribution in [1.82, 2.24) is 4.57 Å². The van der Waals surface area contributed by atoms with Gasteiger partial charge >= 0.3 is 0 Å². The summed E-state index contributed by atoms with van der Waals surface area (Å²) in [7, 11) is 0. The quantitative estimate of drug-likeness (QED) is 0.907. The summed E-state index contributed by atoms with van der Waals surface area (Å²) in [6.07, 6.45) is 2.06. The average molecular weight is 295 g/mol. The lowest BCUT2D eigenvalue weighted by Gasteiger charge is -2.10. The molecule has 0 aliphatic heterocycles. The summed E-state index contributed by atoms with van der Waals surface area (Å²) in [5.74, 6) is -0.388. The number of aryl methyl sites for hydroxylation is 1. The number of nitrogens with two attached hydrogens (primary N) is 1. The fraction of sp³-hybridized carbons (Fsp3) is 0.308. The number of hydrogen-bond acceptors (Lipinski definition) is 1. The van der Waals surface area contributed by atoms with Crippen LogP contribution in [-0.4, -0.2) is 10.5 Å². The van der Waals surface area contributed by atoms with Gasteiger partial charge in [-0.2, -0.15) is 0 Å². The van der Waals surface area contributed by atoms with E-state index in [-0.39, 0.29) is 5.91 Å². The molecule has 0 unspecified atom stereocenters. The van der Waals surface area contributed by atoms with Crippen molar-refractivity contribution < 1.29 is 4.79 Å². The second-order valence-corrected chi connectivity index (χ2v) is 5.44. The monoisotopic (exact) mass is 294 g/mol. The minimum Gasteiger partial charge on any atom is -0.366 e. The molecule has 90 valence electrons. The van der Waals surface area contributed by atoms with Crippen molar-refractivity contribution in [3.63, 3.8) is 0 Å². The molecule has 17 heavy (non-hydrogen) atoms. The maximum absolute atomic E-state index is 11.5.